The molecule has 32 heteroatoms. The molecule has 30 nitrogen and oxygen atoms in total. The molecule has 2 aliphatic rings. The Morgan fingerprint density at radius 3 is 1.58 bits per heavy atom. The molecule has 5 aromatic rings. The molecule has 584 valence electrons. The quantitative estimate of drug-likeness (QED) is 0.0137. The Hall–Kier alpha value is -9.98. The number of fused-ring (bicyclic) bond motifs is 3. The minimum absolute atomic E-state index is 0.0145. The van der Waals surface area contributed by atoms with Gasteiger partial charge in [0.25, 0.3) is 20.0 Å². The van der Waals surface area contributed by atoms with Crippen LogP contribution >= 0.6 is 0 Å². The summed E-state index contributed by atoms with van der Waals surface area (Å²) in [5.41, 5.74) is 13.8. The first-order chi connectivity index (χ1) is 49.8. The molecule has 3 heterocycles. The standard InChI is InChI=1S/C75H105N13O17S2/c1-43(2)38-57(68(95)96)85-65(92)54(22-19-37-79-70(77)87-107(100,101)62-31-29-60-51(45(62)4)33-35-75(14,15)104-60)82-63(90)41-80-64(91)53(21-18-36-78-69(76)86-106(98,99)61-30-28-59-50(44(61)3)32-34-74(12,13)103-59)83-66(93)55(39-47-24-26-49(27-25-47)102-72(6,7)8)84-67(94)56(81-46(5)89)40-48-42-88(71(97)105-73(9,10)11)58-23-17-16-20-52(48)58/h16-17,20,23-31,42-43,53-57H,18-19,21-22,32-41H2,1-15H3,(H,80,91)(H,81,89)(H,82,90)(H,83,93)(H,84,94)(H,85,92)(H,95,96)(H3,76,78,86)(H3,77,79,87)/t53-,54-,55-,56-,57-/m0/s1. The maximum atomic E-state index is 15.1. The van der Waals surface area contributed by atoms with E-state index in [4.69, 9.17) is 30.4 Å². The molecule has 0 radical (unpaired) electrons. The Morgan fingerprint density at radius 1 is 0.617 bits per heavy atom. The first-order valence-electron chi connectivity index (χ1n) is 35.7. The van der Waals surface area contributed by atoms with Crippen molar-refractivity contribution < 1.29 is 79.2 Å². The monoisotopic (exact) mass is 1520 g/mol. The highest BCUT2D eigenvalue weighted by Crippen LogP contribution is 2.39. The topological polar surface area (TPSA) is 440 Å². The lowest BCUT2D eigenvalue weighted by Gasteiger charge is -2.33. The highest BCUT2D eigenvalue weighted by Gasteiger charge is 2.36. The summed E-state index contributed by atoms with van der Waals surface area (Å²) in [7, 11) is -8.57. The van der Waals surface area contributed by atoms with Crippen LogP contribution in [0.15, 0.2) is 98.8 Å². The lowest BCUT2D eigenvalue weighted by Crippen LogP contribution is -2.58. The van der Waals surface area contributed by atoms with Gasteiger partial charge in [-0.25, -0.2) is 35.9 Å². The molecule has 1 aromatic heterocycles. The highest BCUT2D eigenvalue weighted by atomic mass is 32.2. The maximum Gasteiger partial charge on any atom is 0.419 e. The number of carboxylic acid groups (broad SMARTS) is 1. The first kappa shape index (κ1) is 84.3. The van der Waals surface area contributed by atoms with Gasteiger partial charge in [-0.15, -0.1) is 0 Å². The molecular weight excluding hydrogens is 1420 g/mol. The molecule has 6 amide bonds. The zero-order valence-electron chi connectivity index (χ0n) is 63.7. The number of guanidine groups is 2. The second-order valence-corrected chi connectivity index (χ2v) is 33.9. The van der Waals surface area contributed by atoms with Gasteiger partial charge in [0.05, 0.1) is 21.9 Å². The summed E-state index contributed by atoms with van der Waals surface area (Å²) in [5.74, 6) is -6.10. The third-order valence-electron chi connectivity index (χ3n) is 17.6. The van der Waals surface area contributed by atoms with Crippen LogP contribution in [0.3, 0.4) is 0 Å². The van der Waals surface area contributed by atoms with Crippen LogP contribution in [0.2, 0.25) is 0 Å². The van der Waals surface area contributed by atoms with Gasteiger partial charge in [0.2, 0.25) is 47.4 Å². The van der Waals surface area contributed by atoms with Gasteiger partial charge < -0.3 is 67.4 Å². The number of carboxylic acids is 1. The van der Waals surface area contributed by atoms with Gasteiger partial charge >= 0.3 is 12.1 Å². The van der Waals surface area contributed by atoms with Crippen molar-refractivity contribution in [1.29, 1.82) is 0 Å². The van der Waals surface area contributed by atoms with Crippen molar-refractivity contribution in [3.63, 3.8) is 0 Å². The molecule has 13 N–H and O–H groups in total. The maximum absolute atomic E-state index is 15.1. The van der Waals surface area contributed by atoms with Crippen molar-refractivity contribution in [2.75, 3.05) is 19.6 Å². The van der Waals surface area contributed by atoms with E-state index in [-0.39, 0.29) is 73.7 Å². The summed E-state index contributed by atoms with van der Waals surface area (Å²) >= 11 is 0. The number of aromatic nitrogens is 1. The van der Waals surface area contributed by atoms with Gasteiger partial charge in [-0.05, 0) is 223 Å². The van der Waals surface area contributed by atoms with Gasteiger partial charge in [-0.2, -0.15) is 0 Å². The highest BCUT2D eigenvalue weighted by molar-refractivity contribution is 7.90. The molecule has 0 saturated heterocycles. The number of hydrogen-bond acceptors (Lipinski definition) is 18. The summed E-state index contributed by atoms with van der Waals surface area (Å²) < 4.78 is 84.8. The number of nitrogens with zero attached hydrogens (tertiary/aromatic N) is 3. The summed E-state index contributed by atoms with van der Waals surface area (Å²) in [6, 6.07) is 12.3. The summed E-state index contributed by atoms with van der Waals surface area (Å²) in [6.45, 7) is 25.3. The molecule has 0 bridgehead atoms. The molecule has 0 spiro atoms. The van der Waals surface area contributed by atoms with Crippen LogP contribution in [0.1, 0.15) is 168 Å². The Kier molecular flexibility index (Phi) is 27.7. The van der Waals surface area contributed by atoms with Gasteiger partial charge in [0.15, 0.2) is 0 Å². The molecule has 107 heavy (non-hydrogen) atoms. The van der Waals surface area contributed by atoms with E-state index in [1.54, 1.807) is 109 Å². The molecular formula is C75H105N13O17S2. The number of nitrogens with one attached hydrogen (secondary N) is 8. The number of amides is 6. The molecule has 0 aliphatic carbocycles. The number of para-hydroxylation sites is 1. The minimum atomic E-state index is -4.31. The molecule has 4 aromatic carbocycles. The lowest BCUT2D eigenvalue weighted by atomic mass is 9.92. The van der Waals surface area contributed by atoms with E-state index in [9.17, 15) is 55.5 Å². The SMILES string of the molecule is CC(=O)N[C@@H](Cc1cn(C(=O)OC(C)(C)C)c2ccccc12)C(=O)N[C@@H](Cc1ccc(OC(C)(C)C)cc1)C(=O)N[C@@H](CCCN=C(N)NS(=O)(=O)c1ccc2c(c1C)CCC(C)(C)O2)C(=O)NCC(=O)N[C@@H](CCCN=C(N)NS(=O)(=O)c1ccc2c(c1C)CCC(C)(C)O2)C(=O)N[C@@H](CC(C)C)C(=O)O. The molecule has 0 saturated carbocycles. The van der Waals surface area contributed by atoms with Crippen LogP contribution in [0, 0.1) is 19.8 Å². The van der Waals surface area contributed by atoms with Crippen LogP contribution in [0.4, 0.5) is 4.79 Å². The number of nitrogens with two attached hydrogens (primary N) is 2. The molecule has 2 aliphatic heterocycles. The van der Waals surface area contributed by atoms with Gasteiger partial charge in [-0.1, -0.05) is 44.2 Å². The van der Waals surface area contributed by atoms with Crippen molar-refractivity contribution in [3.05, 3.63) is 112 Å². The van der Waals surface area contributed by atoms with Crippen molar-refractivity contribution >= 4 is 90.4 Å². The average molecular weight is 1520 g/mol. The second-order valence-electron chi connectivity index (χ2n) is 30.6. The Balaban J connectivity index is 1.15. The zero-order valence-corrected chi connectivity index (χ0v) is 65.3. The van der Waals surface area contributed by atoms with E-state index in [1.165, 1.54) is 29.8 Å². The van der Waals surface area contributed by atoms with Crippen molar-refractivity contribution in [2.24, 2.45) is 27.4 Å². The zero-order chi connectivity index (χ0) is 79.3. The number of carbonyl (C=O) groups is 8. The second kappa shape index (κ2) is 35.2. The van der Waals surface area contributed by atoms with E-state index >= 15 is 4.79 Å². The number of ether oxygens (including phenoxy) is 4. The number of aliphatic imine (C=N–C) groups is 2. The normalized spacial score (nSPS) is 15.8. The fourth-order valence-electron chi connectivity index (χ4n) is 12.4. The fraction of sp³-hybridized carbons (Fsp3) is 0.520. The summed E-state index contributed by atoms with van der Waals surface area (Å²) in [6.07, 6.45) is 2.28. The van der Waals surface area contributed by atoms with Crippen LogP contribution in [0.5, 0.6) is 17.2 Å². The third-order valence-corrected chi connectivity index (χ3v) is 20.6. The van der Waals surface area contributed by atoms with Crippen molar-refractivity contribution in [3.8, 4) is 17.2 Å². The first-order valence-corrected chi connectivity index (χ1v) is 38.6. The fourth-order valence-corrected chi connectivity index (χ4v) is 14.9. The van der Waals surface area contributed by atoms with E-state index in [2.05, 4.69) is 51.3 Å². The number of sulfonamides is 2. The Morgan fingerprint density at radius 2 is 1.09 bits per heavy atom. The van der Waals surface area contributed by atoms with Gasteiger partial charge in [0.1, 0.15) is 69.9 Å². The minimum Gasteiger partial charge on any atom is -0.488 e. The lowest BCUT2D eigenvalue weighted by molar-refractivity contribution is -0.142. The van der Waals surface area contributed by atoms with E-state index in [0.717, 1.165) is 11.1 Å². The van der Waals surface area contributed by atoms with Gasteiger partial charge in [-0.3, -0.25) is 43.3 Å². The number of carbonyl (C=O) groups excluding carboxylic acids is 7. The van der Waals surface area contributed by atoms with Crippen molar-refractivity contribution in [1.82, 2.24) is 45.9 Å². The van der Waals surface area contributed by atoms with Crippen LogP contribution in [-0.2, 0) is 84.0 Å². The van der Waals surface area contributed by atoms with Crippen LogP contribution in [-0.4, -0.2) is 158 Å². The van der Waals surface area contributed by atoms with E-state index in [0.29, 0.717) is 76.1 Å². The largest absolute Gasteiger partial charge is 0.488 e. The van der Waals surface area contributed by atoms with Gasteiger partial charge in [0, 0.05) is 44.4 Å². The molecule has 0 unspecified atom stereocenters. The number of hydrogen-bond donors (Lipinski definition) is 11. The van der Waals surface area contributed by atoms with Crippen molar-refractivity contribution in [2.45, 2.75) is 237 Å². The number of rotatable bonds is 31. The van der Waals surface area contributed by atoms with E-state index < -0.39 is 139 Å². The number of aliphatic carboxylic acids is 1. The predicted octanol–water partition coefficient (Wildman–Crippen LogP) is 6.05. The predicted molar refractivity (Wildman–Crippen MR) is 404 cm³/mol. The molecule has 5 atom stereocenters. The summed E-state index contributed by atoms with van der Waals surface area (Å²) in [5, 5.41) is 26.4. The van der Waals surface area contributed by atoms with E-state index in [1.807, 2.05) is 48.5 Å². The summed E-state index contributed by atoms with van der Waals surface area (Å²) in [4.78, 5) is 120. The van der Waals surface area contributed by atoms with Crippen LogP contribution < -0.4 is 67.0 Å². The van der Waals surface area contributed by atoms with Crippen LogP contribution in [0.25, 0.3) is 10.9 Å². The smallest absolute Gasteiger partial charge is 0.419 e. The Labute approximate surface area is 626 Å². The average Bonchev–Trinajstić information content (AvgIpc) is 0.867. The number of benzene rings is 4. The third kappa shape index (κ3) is 24.5. The molecule has 0 fully saturated rings. The Bertz CT molecular complexity index is 4420. The molecule has 7 rings (SSSR count).